The van der Waals surface area contributed by atoms with Crippen molar-refractivity contribution in [2.24, 2.45) is 5.41 Å². The van der Waals surface area contributed by atoms with Crippen LogP contribution < -0.4 is 0 Å². The van der Waals surface area contributed by atoms with Gasteiger partial charge in [0.1, 0.15) is 0 Å². The van der Waals surface area contributed by atoms with E-state index >= 15 is 0 Å². The molecule has 116 valence electrons. The summed E-state index contributed by atoms with van der Waals surface area (Å²) in [5.74, 6) is 0. The van der Waals surface area contributed by atoms with Gasteiger partial charge in [0.05, 0.1) is 11.4 Å². The smallest absolute Gasteiger partial charge is 0.0740 e. The van der Waals surface area contributed by atoms with Gasteiger partial charge in [-0.1, -0.05) is 57.2 Å². The molecule has 4 rings (SSSR count). The van der Waals surface area contributed by atoms with Crippen molar-refractivity contribution in [1.29, 1.82) is 0 Å². The molecule has 0 spiro atoms. The third-order valence-corrected chi connectivity index (χ3v) is 4.94. The summed E-state index contributed by atoms with van der Waals surface area (Å²) in [6.45, 7) is 6.82. The largest absolute Gasteiger partial charge is 0.252 e. The van der Waals surface area contributed by atoms with Crippen LogP contribution in [-0.2, 0) is 19.3 Å². The van der Waals surface area contributed by atoms with Gasteiger partial charge in [0.25, 0.3) is 0 Å². The van der Waals surface area contributed by atoms with Crippen LogP contribution in [0, 0.1) is 5.41 Å². The highest BCUT2D eigenvalue weighted by Crippen LogP contribution is 2.36. The monoisotopic (exact) mass is 301 g/mol. The van der Waals surface area contributed by atoms with E-state index in [4.69, 9.17) is 4.98 Å². The maximum atomic E-state index is 5.08. The van der Waals surface area contributed by atoms with Gasteiger partial charge in [-0.3, -0.25) is 4.98 Å². The summed E-state index contributed by atoms with van der Waals surface area (Å²) in [4.78, 5) is 5.08. The van der Waals surface area contributed by atoms with E-state index in [-0.39, 0.29) is 5.41 Å². The molecule has 2 aromatic rings. The summed E-state index contributed by atoms with van der Waals surface area (Å²) in [6, 6.07) is 11.1. The number of fused-ring (bicyclic) bond motifs is 4. The molecule has 0 fully saturated rings. The van der Waals surface area contributed by atoms with Gasteiger partial charge < -0.3 is 0 Å². The number of aryl methyl sites for hydroxylation is 2. The molecule has 1 aromatic carbocycles. The zero-order valence-corrected chi connectivity index (χ0v) is 14.2. The molecule has 0 unspecified atom stereocenters. The molecule has 0 N–H and O–H groups in total. The SMILES string of the molecule is CC(C)(C)C1=Cc2cc3c(nc2CC=C1)-c1ccccc1CC3. The fraction of sp³-hybridized carbons (Fsp3) is 0.318. The maximum absolute atomic E-state index is 5.08. The van der Waals surface area contributed by atoms with Crippen LogP contribution in [0.15, 0.2) is 48.1 Å². The summed E-state index contributed by atoms with van der Waals surface area (Å²) in [5.41, 5.74) is 9.41. The standard InChI is InChI=1S/C22H23N/c1-22(2,3)18-8-6-10-20-17(14-18)13-16-12-11-15-7-4-5-9-19(15)21(16)23-20/h4-9,13-14H,10-12H2,1-3H3. The highest BCUT2D eigenvalue weighted by Gasteiger charge is 2.21. The van der Waals surface area contributed by atoms with Gasteiger partial charge in [-0.15, -0.1) is 0 Å². The minimum atomic E-state index is 0.167. The molecule has 1 nitrogen and oxygen atoms in total. The number of rotatable bonds is 0. The summed E-state index contributed by atoms with van der Waals surface area (Å²) >= 11 is 0. The quantitative estimate of drug-likeness (QED) is 0.636. The number of pyridine rings is 1. The molecule has 0 bridgehead atoms. The Morgan fingerprint density at radius 3 is 2.61 bits per heavy atom. The highest BCUT2D eigenvalue weighted by molar-refractivity contribution is 5.73. The second-order valence-electron chi connectivity index (χ2n) is 7.65. The normalized spacial score (nSPS) is 16.0. The van der Waals surface area contributed by atoms with Crippen molar-refractivity contribution >= 4 is 6.08 Å². The number of allylic oxidation sites excluding steroid dienone is 3. The lowest BCUT2D eigenvalue weighted by Gasteiger charge is -2.22. The van der Waals surface area contributed by atoms with Gasteiger partial charge in [0.15, 0.2) is 0 Å². The van der Waals surface area contributed by atoms with Crippen molar-refractivity contribution in [1.82, 2.24) is 4.98 Å². The Morgan fingerprint density at radius 2 is 1.78 bits per heavy atom. The van der Waals surface area contributed by atoms with Gasteiger partial charge in [0, 0.05) is 12.0 Å². The van der Waals surface area contributed by atoms with Crippen LogP contribution in [0.3, 0.4) is 0 Å². The number of aromatic nitrogens is 1. The molecular weight excluding hydrogens is 278 g/mol. The van der Waals surface area contributed by atoms with Crippen LogP contribution in [0.4, 0.5) is 0 Å². The van der Waals surface area contributed by atoms with E-state index in [0.717, 1.165) is 19.3 Å². The van der Waals surface area contributed by atoms with Crippen LogP contribution in [0.2, 0.25) is 0 Å². The third-order valence-electron chi connectivity index (χ3n) is 4.94. The topological polar surface area (TPSA) is 12.9 Å². The average molecular weight is 301 g/mol. The molecule has 0 atom stereocenters. The second kappa shape index (κ2) is 5.19. The Morgan fingerprint density at radius 1 is 1.00 bits per heavy atom. The first-order valence-corrected chi connectivity index (χ1v) is 8.52. The molecular formula is C22H23N. The van der Waals surface area contributed by atoms with Crippen LogP contribution in [0.5, 0.6) is 0 Å². The molecule has 0 saturated heterocycles. The van der Waals surface area contributed by atoms with Crippen molar-refractivity contribution in [2.45, 2.75) is 40.0 Å². The van der Waals surface area contributed by atoms with E-state index in [1.54, 1.807) is 0 Å². The summed E-state index contributed by atoms with van der Waals surface area (Å²) in [7, 11) is 0. The lowest BCUT2D eigenvalue weighted by atomic mass is 9.84. The zero-order chi connectivity index (χ0) is 16.0. The van der Waals surface area contributed by atoms with E-state index in [2.05, 4.69) is 69.3 Å². The fourth-order valence-electron chi connectivity index (χ4n) is 3.54. The highest BCUT2D eigenvalue weighted by atomic mass is 14.7. The Hall–Kier alpha value is -2.15. The number of benzene rings is 1. The number of nitrogens with zero attached hydrogens (tertiary/aromatic N) is 1. The van der Waals surface area contributed by atoms with Crippen LogP contribution in [0.1, 0.15) is 43.2 Å². The molecule has 0 aliphatic heterocycles. The summed E-state index contributed by atoms with van der Waals surface area (Å²) in [6.07, 6.45) is 10.0. The molecule has 0 saturated carbocycles. The van der Waals surface area contributed by atoms with Crippen LogP contribution in [-0.4, -0.2) is 4.98 Å². The first kappa shape index (κ1) is 14.4. The van der Waals surface area contributed by atoms with Gasteiger partial charge in [-0.2, -0.15) is 0 Å². The Kier molecular flexibility index (Phi) is 3.26. The van der Waals surface area contributed by atoms with E-state index in [9.17, 15) is 0 Å². The molecule has 23 heavy (non-hydrogen) atoms. The van der Waals surface area contributed by atoms with Gasteiger partial charge in [0.2, 0.25) is 0 Å². The van der Waals surface area contributed by atoms with E-state index in [0.29, 0.717) is 0 Å². The number of hydrogen-bond donors (Lipinski definition) is 0. The van der Waals surface area contributed by atoms with Crippen molar-refractivity contribution in [3.8, 4) is 11.3 Å². The minimum Gasteiger partial charge on any atom is -0.252 e. The fourth-order valence-corrected chi connectivity index (χ4v) is 3.54. The van der Waals surface area contributed by atoms with Crippen molar-refractivity contribution < 1.29 is 0 Å². The van der Waals surface area contributed by atoms with E-state index in [1.807, 2.05) is 0 Å². The molecule has 1 heteroatoms. The molecule has 1 heterocycles. The molecule has 0 amide bonds. The predicted molar refractivity (Wildman–Crippen MR) is 97.4 cm³/mol. The average Bonchev–Trinajstić information content (AvgIpc) is 2.74. The second-order valence-corrected chi connectivity index (χ2v) is 7.65. The van der Waals surface area contributed by atoms with Gasteiger partial charge in [-0.25, -0.2) is 0 Å². The van der Waals surface area contributed by atoms with Gasteiger partial charge >= 0.3 is 0 Å². The number of hydrogen-bond acceptors (Lipinski definition) is 1. The van der Waals surface area contributed by atoms with Crippen molar-refractivity contribution in [2.75, 3.05) is 0 Å². The Balaban J connectivity index is 1.88. The minimum absolute atomic E-state index is 0.167. The summed E-state index contributed by atoms with van der Waals surface area (Å²) in [5, 5.41) is 0. The van der Waals surface area contributed by atoms with Crippen LogP contribution in [0.25, 0.3) is 17.3 Å². The molecule has 2 aliphatic carbocycles. The Bertz CT molecular complexity index is 832. The first-order chi connectivity index (χ1) is 11.0. The lowest BCUT2D eigenvalue weighted by molar-refractivity contribution is 0.520. The first-order valence-electron chi connectivity index (χ1n) is 8.52. The van der Waals surface area contributed by atoms with E-state index in [1.165, 1.54) is 39.2 Å². The van der Waals surface area contributed by atoms with Crippen molar-refractivity contribution in [3.63, 3.8) is 0 Å². The van der Waals surface area contributed by atoms with Gasteiger partial charge in [-0.05, 0) is 52.7 Å². The lowest BCUT2D eigenvalue weighted by Crippen LogP contribution is -2.09. The molecule has 2 aliphatic rings. The zero-order valence-electron chi connectivity index (χ0n) is 14.2. The molecule has 0 radical (unpaired) electrons. The van der Waals surface area contributed by atoms with E-state index < -0.39 is 0 Å². The molecule has 1 aromatic heterocycles. The van der Waals surface area contributed by atoms with Crippen LogP contribution >= 0.6 is 0 Å². The Labute approximate surface area is 138 Å². The summed E-state index contributed by atoms with van der Waals surface area (Å²) < 4.78 is 0. The predicted octanol–water partition coefficient (Wildman–Crippen LogP) is 5.39. The van der Waals surface area contributed by atoms with Crippen molar-refractivity contribution in [3.05, 3.63) is 70.4 Å². The third kappa shape index (κ3) is 2.55. The maximum Gasteiger partial charge on any atom is 0.0740 e.